The van der Waals surface area contributed by atoms with Crippen LogP contribution >= 0.6 is 0 Å². The van der Waals surface area contributed by atoms with Crippen LogP contribution in [0.1, 0.15) is 11.1 Å². The van der Waals surface area contributed by atoms with Crippen molar-refractivity contribution in [2.45, 2.75) is 0 Å². The predicted molar refractivity (Wildman–Crippen MR) is 235 cm³/mol. The van der Waals surface area contributed by atoms with Gasteiger partial charge in [-0.25, -0.2) is 0 Å². The summed E-state index contributed by atoms with van der Waals surface area (Å²) in [5.41, 5.74) is 7.93. The first-order chi connectivity index (χ1) is 27.7. The van der Waals surface area contributed by atoms with Crippen molar-refractivity contribution in [2.75, 3.05) is 0 Å². The normalized spacial score (nSPS) is 11.9. The zero-order valence-electron chi connectivity index (χ0n) is 30.1. The van der Waals surface area contributed by atoms with Crippen molar-refractivity contribution >= 4 is 86.2 Å². The van der Waals surface area contributed by atoms with Crippen molar-refractivity contribution in [2.24, 2.45) is 0 Å². The van der Waals surface area contributed by atoms with Crippen LogP contribution in [0.25, 0.3) is 120 Å². The molecule has 12 aromatic carbocycles. The first-order valence-corrected chi connectivity index (χ1v) is 19.0. The molecule has 0 aliphatic rings. The lowest BCUT2D eigenvalue weighted by Crippen LogP contribution is -1.92. The molecule has 0 N–H and O–H groups in total. The number of hydrogen-bond acceptors (Lipinski definition) is 2. The summed E-state index contributed by atoms with van der Waals surface area (Å²) in [6.45, 7) is 0. The fraction of sp³-hybridized carbons (Fsp3) is 0. The number of benzene rings is 10. The van der Waals surface area contributed by atoms with Crippen molar-refractivity contribution in [3.05, 3.63) is 181 Å². The maximum absolute atomic E-state index is 10.2. The molecule has 2 heteroatoms. The van der Waals surface area contributed by atoms with E-state index in [0.29, 0.717) is 11.1 Å². The maximum Gasteiger partial charge on any atom is 0.0991 e. The predicted octanol–water partition coefficient (Wildman–Crippen LogP) is 14.5. The molecule has 56 heavy (non-hydrogen) atoms. The molecule has 254 valence electrons. The number of hydrogen-bond donors (Lipinski definition) is 0. The molecule has 12 aromatic rings. The molecular weight excluding hydrogens is 677 g/mol. The molecule has 0 unspecified atom stereocenters. The number of nitriles is 2. The van der Waals surface area contributed by atoms with Gasteiger partial charge < -0.3 is 0 Å². The van der Waals surface area contributed by atoms with E-state index in [0.717, 1.165) is 43.8 Å². The quantitative estimate of drug-likeness (QED) is 0.172. The van der Waals surface area contributed by atoms with Gasteiger partial charge in [0.05, 0.1) is 23.3 Å². The van der Waals surface area contributed by atoms with Crippen LogP contribution in [-0.4, -0.2) is 0 Å². The Morgan fingerprint density at radius 2 is 0.786 bits per heavy atom. The van der Waals surface area contributed by atoms with Crippen molar-refractivity contribution in [1.82, 2.24) is 0 Å². The van der Waals surface area contributed by atoms with Gasteiger partial charge in [-0.05, 0) is 150 Å². The maximum atomic E-state index is 10.2. The summed E-state index contributed by atoms with van der Waals surface area (Å²) in [4.78, 5) is 0. The van der Waals surface area contributed by atoms with Gasteiger partial charge in [-0.1, -0.05) is 140 Å². The first kappa shape index (κ1) is 30.7. The van der Waals surface area contributed by atoms with Crippen LogP contribution in [0.4, 0.5) is 0 Å². The summed E-state index contributed by atoms with van der Waals surface area (Å²) in [5.74, 6) is 0. The van der Waals surface area contributed by atoms with Crippen LogP contribution in [0.5, 0.6) is 0 Å². The zero-order chi connectivity index (χ0) is 37.1. The summed E-state index contributed by atoms with van der Waals surface area (Å²) < 4.78 is 0. The second-order valence-electron chi connectivity index (χ2n) is 14.9. The van der Waals surface area contributed by atoms with E-state index in [1.807, 2.05) is 36.4 Å². The fourth-order valence-electron chi connectivity index (χ4n) is 9.98. The van der Waals surface area contributed by atoms with E-state index in [4.69, 9.17) is 0 Å². The van der Waals surface area contributed by atoms with Gasteiger partial charge in [-0.2, -0.15) is 10.5 Å². The van der Waals surface area contributed by atoms with Gasteiger partial charge in [0.15, 0.2) is 0 Å². The Morgan fingerprint density at radius 3 is 1.54 bits per heavy atom. The molecule has 0 radical (unpaired) electrons. The standard InChI is InChI=1S/C54H28N2/c55-29-31-10-5-14-34(26-31)48-47-28-46-39-18-4-3-17-38(39)41-20-8-22-43(51(41)46)52(47)49(35-15-6-11-32(27-35)30-56)54-44-23-9-21-42-40(24-25-45(50(42)44)53(48)54)37-19-7-13-33-12-1-2-16-36(33)37/h1-28H. The van der Waals surface area contributed by atoms with Crippen molar-refractivity contribution < 1.29 is 0 Å². The van der Waals surface area contributed by atoms with E-state index < -0.39 is 0 Å². The average molecular weight is 705 g/mol. The monoisotopic (exact) mass is 704 g/mol. The highest BCUT2D eigenvalue weighted by molar-refractivity contribution is 6.45. The van der Waals surface area contributed by atoms with Crippen LogP contribution in [0.3, 0.4) is 0 Å². The van der Waals surface area contributed by atoms with E-state index in [1.165, 1.54) is 75.8 Å². The van der Waals surface area contributed by atoms with Crippen LogP contribution in [-0.2, 0) is 0 Å². The van der Waals surface area contributed by atoms with E-state index in [9.17, 15) is 10.5 Å². The Labute approximate surface area is 322 Å². The van der Waals surface area contributed by atoms with Crippen LogP contribution in [0.15, 0.2) is 170 Å². The topological polar surface area (TPSA) is 47.6 Å². The Hall–Kier alpha value is -7.78. The van der Waals surface area contributed by atoms with Crippen LogP contribution in [0, 0.1) is 22.7 Å². The molecule has 0 spiro atoms. The molecule has 0 bridgehead atoms. The van der Waals surface area contributed by atoms with Gasteiger partial charge in [0.1, 0.15) is 0 Å². The molecular formula is C54H28N2. The minimum absolute atomic E-state index is 0.625. The third kappa shape index (κ3) is 4.03. The first-order valence-electron chi connectivity index (χ1n) is 19.0. The smallest absolute Gasteiger partial charge is 0.0991 e. The fourth-order valence-corrected chi connectivity index (χ4v) is 9.98. The number of nitrogens with zero attached hydrogens (tertiary/aromatic N) is 2. The minimum Gasteiger partial charge on any atom is -0.192 e. The molecule has 0 heterocycles. The molecule has 0 aliphatic carbocycles. The van der Waals surface area contributed by atoms with Gasteiger partial charge >= 0.3 is 0 Å². The van der Waals surface area contributed by atoms with Gasteiger partial charge in [-0.15, -0.1) is 0 Å². The highest BCUT2D eigenvalue weighted by atomic mass is 14.3. The summed E-state index contributed by atoms with van der Waals surface area (Å²) in [5, 5.41) is 39.6. The summed E-state index contributed by atoms with van der Waals surface area (Å²) >= 11 is 0. The molecule has 2 nitrogen and oxygen atoms in total. The lowest BCUT2D eigenvalue weighted by molar-refractivity contribution is 1.48. The molecule has 0 aromatic heterocycles. The third-order valence-corrected chi connectivity index (χ3v) is 12.2. The Kier molecular flexibility index (Phi) is 6.22. The average Bonchev–Trinajstić information content (AvgIpc) is 3.77. The minimum atomic E-state index is 0.625. The largest absolute Gasteiger partial charge is 0.192 e. The van der Waals surface area contributed by atoms with Crippen LogP contribution < -0.4 is 0 Å². The SMILES string of the molecule is N#Cc1cccc(-c2c3cc4c5ccccc5c5cccc(c3c(-c3cccc(C#N)c3)c3c6cccc7c(-c8cccc9ccccc89)ccc(c23)c76)c54)c1. The van der Waals surface area contributed by atoms with Gasteiger partial charge in [0.2, 0.25) is 0 Å². The molecule has 0 saturated carbocycles. The highest BCUT2D eigenvalue weighted by Crippen LogP contribution is 2.55. The summed E-state index contributed by atoms with van der Waals surface area (Å²) in [6, 6.07) is 65.4. The van der Waals surface area contributed by atoms with Crippen molar-refractivity contribution in [3.63, 3.8) is 0 Å². The lowest BCUT2D eigenvalue weighted by Gasteiger charge is -2.19. The van der Waals surface area contributed by atoms with E-state index in [-0.39, 0.29) is 0 Å². The molecule has 0 aliphatic heterocycles. The Bertz CT molecular complexity index is 3720. The Balaban J connectivity index is 1.38. The Morgan fingerprint density at radius 1 is 0.286 bits per heavy atom. The molecule has 0 saturated heterocycles. The van der Waals surface area contributed by atoms with Gasteiger partial charge in [-0.3, -0.25) is 0 Å². The van der Waals surface area contributed by atoms with Crippen LogP contribution in [0.2, 0.25) is 0 Å². The molecule has 0 amide bonds. The summed E-state index contributed by atoms with van der Waals surface area (Å²) in [6.07, 6.45) is 0. The van der Waals surface area contributed by atoms with Crippen molar-refractivity contribution in [1.29, 1.82) is 10.5 Å². The zero-order valence-corrected chi connectivity index (χ0v) is 30.1. The molecule has 12 rings (SSSR count). The molecule has 0 atom stereocenters. The van der Waals surface area contributed by atoms with Crippen molar-refractivity contribution in [3.8, 4) is 45.5 Å². The second-order valence-corrected chi connectivity index (χ2v) is 14.9. The lowest BCUT2D eigenvalue weighted by atomic mass is 9.83. The number of fused-ring (bicyclic) bond motifs is 9. The molecule has 0 fully saturated rings. The second kappa shape index (κ2) is 11.4. The van der Waals surface area contributed by atoms with Gasteiger partial charge in [0, 0.05) is 0 Å². The van der Waals surface area contributed by atoms with E-state index in [1.54, 1.807) is 0 Å². The van der Waals surface area contributed by atoms with Gasteiger partial charge in [0.25, 0.3) is 0 Å². The highest BCUT2D eigenvalue weighted by Gasteiger charge is 2.27. The van der Waals surface area contributed by atoms with E-state index in [2.05, 4.69) is 146 Å². The number of rotatable bonds is 3. The third-order valence-electron chi connectivity index (χ3n) is 12.2. The van der Waals surface area contributed by atoms with E-state index >= 15 is 0 Å². The summed E-state index contributed by atoms with van der Waals surface area (Å²) in [7, 11) is 0.